The number of aromatic nitrogens is 1. The highest BCUT2D eigenvalue weighted by Crippen LogP contribution is 2.05. The molecule has 4 heteroatoms. The van der Waals surface area contributed by atoms with Crippen molar-refractivity contribution in [2.75, 3.05) is 20.7 Å². The van der Waals surface area contributed by atoms with Gasteiger partial charge in [0.25, 0.3) is 0 Å². The Hall–Kier alpha value is -1.42. The fourth-order valence-corrected chi connectivity index (χ4v) is 1.28. The highest BCUT2D eigenvalue weighted by Gasteiger charge is 2.08. The van der Waals surface area contributed by atoms with Crippen LogP contribution in [0.15, 0.2) is 18.3 Å². The van der Waals surface area contributed by atoms with Crippen LogP contribution >= 0.6 is 0 Å². The summed E-state index contributed by atoms with van der Waals surface area (Å²) in [6.45, 7) is 2.95. The monoisotopic (exact) mass is 208 g/mol. The number of ether oxygens (including phenoxy) is 1. The first-order chi connectivity index (χ1) is 7.13. The minimum atomic E-state index is -0.230. The molecule has 15 heavy (non-hydrogen) atoms. The molecule has 0 bridgehead atoms. The molecule has 0 amide bonds. The smallest absolute Gasteiger partial charge is 0.319 e. The Balaban J connectivity index is 2.55. The van der Waals surface area contributed by atoms with Gasteiger partial charge in [0.2, 0.25) is 0 Å². The zero-order valence-corrected chi connectivity index (χ0v) is 9.36. The first-order valence-electron chi connectivity index (χ1n) is 4.79. The van der Waals surface area contributed by atoms with Gasteiger partial charge >= 0.3 is 5.97 Å². The Labute approximate surface area is 89.9 Å². The quantitative estimate of drug-likeness (QED) is 0.692. The van der Waals surface area contributed by atoms with Gasteiger partial charge in [-0.1, -0.05) is 6.07 Å². The summed E-state index contributed by atoms with van der Waals surface area (Å²) < 4.78 is 4.59. The SMILES string of the molecule is COC(=O)CN(C)Cc1ncccc1C. The number of hydrogen-bond acceptors (Lipinski definition) is 4. The zero-order chi connectivity index (χ0) is 11.3. The predicted molar refractivity (Wildman–Crippen MR) is 57.3 cm³/mol. The second kappa shape index (κ2) is 5.46. The molecule has 0 aliphatic heterocycles. The maximum Gasteiger partial charge on any atom is 0.319 e. The number of pyridine rings is 1. The number of likely N-dealkylation sites (N-methyl/N-ethyl adjacent to an activating group) is 1. The molecular formula is C11H16N2O2. The third kappa shape index (κ3) is 3.67. The second-order valence-corrected chi connectivity index (χ2v) is 3.52. The van der Waals surface area contributed by atoms with E-state index in [1.807, 2.05) is 31.0 Å². The lowest BCUT2D eigenvalue weighted by molar-refractivity contribution is -0.141. The van der Waals surface area contributed by atoms with E-state index in [1.165, 1.54) is 7.11 Å². The predicted octanol–water partition coefficient (Wildman–Crippen LogP) is 0.995. The van der Waals surface area contributed by atoms with Crippen molar-refractivity contribution in [2.24, 2.45) is 0 Å². The third-order valence-electron chi connectivity index (χ3n) is 2.16. The lowest BCUT2D eigenvalue weighted by Gasteiger charge is -2.15. The Kier molecular flexibility index (Phi) is 4.24. The van der Waals surface area contributed by atoms with Crippen molar-refractivity contribution >= 4 is 5.97 Å². The van der Waals surface area contributed by atoms with E-state index in [-0.39, 0.29) is 12.5 Å². The first-order valence-corrected chi connectivity index (χ1v) is 4.79. The van der Waals surface area contributed by atoms with Crippen LogP contribution in [0.5, 0.6) is 0 Å². The van der Waals surface area contributed by atoms with Crippen molar-refractivity contribution in [3.05, 3.63) is 29.6 Å². The molecule has 1 aromatic rings. The first kappa shape index (κ1) is 11.7. The molecule has 0 fully saturated rings. The largest absolute Gasteiger partial charge is 0.468 e. The minimum absolute atomic E-state index is 0.230. The number of aryl methyl sites for hydroxylation is 1. The maximum atomic E-state index is 11.0. The van der Waals surface area contributed by atoms with E-state index in [0.29, 0.717) is 6.54 Å². The van der Waals surface area contributed by atoms with Crippen molar-refractivity contribution in [3.8, 4) is 0 Å². The second-order valence-electron chi connectivity index (χ2n) is 3.52. The molecule has 0 unspecified atom stereocenters. The number of rotatable bonds is 4. The molecule has 0 aliphatic rings. The number of carbonyl (C=O) groups excluding carboxylic acids is 1. The van der Waals surface area contributed by atoms with Crippen LogP contribution in [0.3, 0.4) is 0 Å². The molecular weight excluding hydrogens is 192 g/mol. The molecule has 4 nitrogen and oxygen atoms in total. The molecule has 1 rings (SSSR count). The molecule has 1 aromatic heterocycles. The van der Waals surface area contributed by atoms with Gasteiger partial charge in [-0.2, -0.15) is 0 Å². The van der Waals surface area contributed by atoms with E-state index in [2.05, 4.69) is 9.72 Å². The minimum Gasteiger partial charge on any atom is -0.468 e. The molecule has 0 radical (unpaired) electrons. The van der Waals surface area contributed by atoms with Crippen LogP contribution in [0.25, 0.3) is 0 Å². The van der Waals surface area contributed by atoms with Crippen LogP contribution in [0.1, 0.15) is 11.3 Å². The van der Waals surface area contributed by atoms with Crippen LogP contribution in [0.2, 0.25) is 0 Å². The van der Waals surface area contributed by atoms with Crippen LogP contribution < -0.4 is 0 Å². The van der Waals surface area contributed by atoms with Gasteiger partial charge in [-0.15, -0.1) is 0 Å². The van der Waals surface area contributed by atoms with Crippen LogP contribution in [-0.4, -0.2) is 36.6 Å². The Morgan fingerprint density at radius 1 is 1.60 bits per heavy atom. The Morgan fingerprint density at radius 2 is 2.33 bits per heavy atom. The zero-order valence-electron chi connectivity index (χ0n) is 9.36. The van der Waals surface area contributed by atoms with Gasteiger partial charge in [0.15, 0.2) is 0 Å². The molecule has 0 saturated heterocycles. The van der Waals surface area contributed by atoms with Gasteiger partial charge in [0, 0.05) is 12.7 Å². The van der Waals surface area contributed by atoms with Crippen LogP contribution in [0, 0.1) is 6.92 Å². The fraction of sp³-hybridized carbons (Fsp3) is 0.455. The summed E-state index contributed by atoms with van der Waals surface area (Å²) in [7, 11) is 3.26. The molecule has 82 valence electrons. The summed E-state index contributed by atoms with van der Waals surface area (Å²) in [5.41, 5.74) is 2.12. The standard InChI is InChI=1S/C11H16N2O2/c1-9-5-4-6-12-10(9)7-13(2)8-11(14)15-3/h4-6H,7-8H2,1-3H3. The average Bonchev–Trinajstić information content (AvgIpc) is 2.21. The lowest BCUT2D eigenvalue weighted by Crippen LogP contribution is -2.27. The molecule has 0 N–H and O–H groups in total. The number of methoxy groups -OCH3 is 1. The van der Waals surface area contributed by atoms with Crippen molar-refractivity contribution in [1.29, 1.82) is 0 Å². The fourth-order valence-electron chi connectivity index (χ4n) is 1.28. The molecule has 0 aliphatic carbocycles. The summed E-state index contributed by atoms with van der Waals surface area (Å²) in [5.74, 6) is -0.230. The van der Waals surface area contributed by atoms with E-state index in [9.17, 15) is 4.79 Å². The van der Waals surface area contributed by atoms with Crippen molar-refractivity contribution in [1.82, 2.24) is 9.88 Å². The normalized spacial score (nSPS) is 10.4. The van der Waals surface area contributed by atoms with Gasteiger partial charge < -0.3 is 4.74 Å². The number of esters is 1. The molecule has 1 heterocycles. The van der Waals surface area contributed by atoms with Crippen LogP contribution in [0.4, 0.5) is 0 Å². The highest BCUT2D eigenvalue weighted by atomic mass is 16.5. The number of carbonyl (C=O) groups is 1. The number of nitrogens with zero attached hydrogens (tertiary/aromatic N) is 2. The summed E-state index contributed by atoms with van der Waals surface area (Å²) in [6.07, 6.45) is 1.76. The third-order valence-corrected chi connectivity index (χ3v) is 2.16. The Bertz CT molecular complexity index is 339. The van der Waals surface area contributed by atoms with E-state index < -0.39 is 0 Å². The highest BCUT2D eigenvalue weighted by molar-refractivity contribution is 5.71. The summed E-state index contributed by atoms with van der Waals surface area (Å²) in [4.78, 5) is 17.1. The van der Waals surface area contributed by atoms with Gasteiger partial charge in [-0.3, -0.25) is 14.7 Å². The van der Waals surface area contributed by atoms with Gasteiger partial charge in [-0.25, -0.2) is 0 Å². The molecule has 0 saturated carbocycles. The van der Waals surface area contributed by atoms with Crippen molar-refractivity contribution in [2.45, 2.75) is 13.5 Å². The molecule has 0 atom stereocenters. The van der Waals surface area contributed by atoms with E-state index in [1.54, 1.807) is 6.20 Å². The molecule has 0 spiro atoms. The van der Waals surface area contributed by atoms with Gasteiger partial charge in [0.1, 0.15) is 0 Å². The summed E-state index contributed by atoms with van der Waals surface area (Å²) in [5, 5.41) is 0. The number of hydrogen-bond donors (Lipinski definition) is 0. The van der Waals surface area contributed by atoms with Crippen LogP contribution in [-0.2, 0) is 16.1 Å². The van der Waals surface area contributed by atoms with Gasteiger partial charge in [-0.05, 0) is 25.6 Å². The molecule has 0 aromatic carbocycles. The summed E-state index contributed by atoms with van der Waals surface area (Å²) >= 11 is 0. The van der Waals surface area contributed by atoms with Crippen molar-refractivity contribution < 1.29 is 9.53 Å². The Morgan fingerprint density at radius 3 is 2.93 bits per heavy atom. The topological polar surface area (TPSA) is 42.4 Å². The maximum absolute atomic E-state index is 11.0. The lowest BCUT2D eigenvalue weighted by atomic mass is 10.2. The van der Waals surface area contributed by atoms with E-state index in [0.717, 1.165) is 11.3 Å². The summed E-state index contributed by atoms with van der Waals surface area (Å²) in [6, 6.07) is 3.91. The van der Waals surface area contributed by atoms with E-state index in [4.69, 9.17) is 0 Å². The average molecular weight is 208 g/mol. The van der Waals surface area contributed by atoms with Gasteiger partial charge in [0.05, 0.1) is 19.3 Å². The van der Waals surface area contributed by atoms with E-state index >= 15 is 0 Å². The van der Waals surface area contributed by atoms with Crippen molar-refractivity contribution in [3.63, 3.8) is 0 Å².